The fourth-order valence-corrected chi connectivity index (χ4v) is 2.54. The largest absolute Gasteiger partial charge is 0.316 e. The highest BCUT2D eigenvalue weighted by Gasteiger charge is 2.38. The normalized spacial score (nSPS) is 29.9. The third-order valence-corrected chi connectivity index (χ3v) is 3.46. The molecule has 0 bridgehead atoms. The van der Waals surface area contributed by atoms with Gasteiger partial charge in [0.2, 0.25) is 11.8 Å². The zero-order valence-electron chi connectivity index (χ0n) is 10.1. The SMILES string of the molecule is CC1(C)CC(=O)N(CC2CCNC2)C(=O)C1. The Labute approximate surface area is 96.4 Å². The number of carbonyl (C=O) groups excluding carboxylic acids is 2. The first-order chi connectivity index (χ1) is 7.48. The molecule has 0 aliphatic carbocycles. The Hall–Kier alpha value is -0.900. The van der Waals surface area contributed by atoms with Gasteiger partial charge in [-0.15, -0.1) is 0 Å². The van der Waals surface area contributed by atoms with Crippen LogP contribution in [0.4, 0.5) is 0 Å². The van der Waals surface area contributed by atoms with Crippen molar-refractivity contribution in [2.24, 2.45) is 11.3 Å². The predicted molar refractivity (Wildman–Crippen MR) is 60.7 cm³/mol. The van der Waals surface area contributed by atoms with E-state index in [1.165, 1.54) is 4.90 Å². The lowest BCUT2D eigenvalue weighted by atomic mass is 9.81. The van der Waals surface area contributed by atoms with Crippen molar-refractivity contribution in [3.8, 4) is 0 Å². The molecular weight excluding hydrogens is 204 g/mol. The molecule has 0 spiro atoms. The smallest absolute Gasteiger partial charge is 0.229 e. The number of carbonyl (C=O) groups is 2. The molecule has 0 radical (unpaired) electrons. The molecule has 90 valence electrons. The molecule has 1 atom stereocenters. The maximum Gasteiger partial charge on any atom is 0.229 e. The predicted octanol–water partition coefficient (Wildman–Crippen LogP) is 0.771. The van der Waals surface area contributed by atoms with E-state index >= 15 is 0 Å². The van der Waals surface area contributed by atoms with Gasteiger partial charge in [-0.3, -0.25) is 14.5 Å². The number of piperidine rings is 1. The molecule has 0 aromatic rings. The summed E-state index contributed by atoms with van der Waals surface area (Å²) in [5, 5.41) is 3.26. The first-order valence-corrected chi connectivity index (χ1v) is 6.02. The minimum atomic E-state index is -0.154. The van der Waals surface area contributed by atoms with E-state index in [4.69, 9.17) is 0 Å². The van der Waals surface area contributed by atoms with E-state index in [0.29, 0.717) is 25.3 Å². The van der Waals surface area contributed by atoms with Crippen LogP contribution >= 0.6 is 0 Å². The van der Waals surface area contributed by atoms with Gasteiger partial charge < -0.3 is 5.32 Å². The highest BCUT2D eigenvalue weighted by atomic mass is 16.2. The van der Waals surface area contributed by atoms with Crippen molar-refractivity contribution in [1.82, 2.24) is 10.2 Å². The van der Waals surface area contributed by atoms with Crippen LogP contribution in [-0.4, -0.2) is 36.3 Å². The second-order valence-corrected chi connectivity index (χ2v) is 5.77. The molecule has 2 heterocycles. The number of hydrogen-bond acceptors (Lipinski definition) is 3. The molecule has 2 saturated heterocycles. The molecular formula is C12H20N2O2. The van der Waals surface area contributed by atoms with Crippen LogP contribution in [0.15, 0.2) is 0 Å². The average molecular weight is 224 g/mol. The lowest BCUT2D eigenvalue weighted by molar-refractivity contribution is -0.153. The van der Waals surface area contributed by atoms with Crippen LogP contribution in [-0.2, 0) is 9.59 Å². The van der Waals surface area contributed by atoms with Crippen molar-refractivity contribution >= 4 is 11.8 Å². The van der Waals surface area contributed by atoms with Crippen LogP contribution in [0.25, 0.3) is 0 Å². The highest BCUT2D eigenvalue weighted by Crippen LogP contribution is 2.32. The molecule has 2 aliphatic rings. The number of nitrogens with one attached hydrogen (secondary N) is 1. The fraction of sp³-hybridized carbons (Fsp3) is 0.833. The molecule has 2 rings (SSSR count). The number of hydrogen-bond donors (Lipinski definition) is 1. The van der Waals surface area contributed by atoms with Crippen molar-refractivity contribution < 1.29 is 9.59 Å². The Balaban J connectivity index is 1.99. The molecule has 2 amide bonds. The molecule has 1 N–H and O–H groups in total. The first-order valence-electron chi connectivity index (χ1n) is 6.02. The molecule has 0 aromatic heterocycles. The van der Waals surface area contributed by atoms with Crippen LogP contribution in [0.2, 0.25) is 0 Å². The molecule has 0 aromatic carbocycles. The Kier molecular flexibility index (Phi) is 3.02. The first kappa shape index (κ1) is 11.6. The summed E-state index contributed by atoms with van der Waals surface area (Å²) in [5.74, 6) is 0.468. The molecule has 2 aliphatic heterocycles. The summed E-state index contributed by atoms with van der Waals surface area (Å²) in [4.78, 5) is 25.3. The summed E-state index contributed by atoms with van der Waals surface area (Å²) in [5.41, 5.74) is -0.154. The van der Waals surface area contributed by atoms with E-state index in [2.05, 4.69) is 5.32 Å². The van der Waals surface area contributed by atoms with Crippen molar-refractivity contribution in [3.63, 3.8) is 0 Å². The van der Waals surface area contributed by atoms with Crippen LogP contribution < -0.4 is 5.32 Å². The van der Waals surface area contributed by atoms with Gasteiger partial charge in [0, 0.05) is 19.4 Å². The van der Waals surface area contributed by atoms with E-state index in [1.54, 1.807) is 0 Å². The van der Waals surface area contributed by atoms with Crippen LogP contribution in [0.5, 0.6) is 0 Å². The average Bonchev–Trinajstić information content (AvgIpc) is 2.62. The Morgan fingerprint density at radius 1 is 1.31 bits per heavy atom. The number of rotatable bonds is 2. The zero-order chi connectivity index (χ0) is 11.8. The molecule has 0 saturated carbocycles. The second kappa shape index (κ2) is 4.17. The van der Waals surface area contributed by atoms with E-state index in [9.17, 15) is 9.59 Å². The molecule has 4 heteroatoms. The number of likely N-dealkylation sites (tertiary alicyclic amines) is 1. The third-order valence-electron chi connectivity index (χ3n) is 3.46. The summed E-state index contributed by atoms with van der Waals surface area (Å²) in [6.45, 7) is 6.52. The molecule has 16 heavy (non-hydrogen) atoms. The van der Waals surface area contributed by atoms with Gasteiger partial charge in [0.05, 0.1) is 0 Å². The summed E-state index contributed by atoms with van der Waals surface area (Å²) in [7, 11) is 0. The van der Waals surface area contributed by atoms with E-state index in [1.807, 2.05) is 13.8 Å². The van der Waals surface area contributed by atoms with Gasteiger partial charge in [0.25, 0.3) is 0 Å². The number of nitrogens with zero attached hydrogens (tertiary/aromatic N) is 1. The van der Waals surface area contributed by atoms with Crippen molar-refractivity contribution in [1.29, 1.82) is 0 Å². The van der Waals surface area contributed by atoms with Crippen molar-refractivity contribution in [2.75, 3.05) is 19.6 Å². The fourth-order valence-electron chi connectivity index (χ4n) is 2.54. The molecule has 2 fully saturated rings. The lowest BCUT2D eigenvalue weighted by Gasteiger charge is -2.35. The van der Waals surface area contributed by atoms with Crippen LogP contribution in [0.3, 0.4) is 0 Å². The van der Waals surface area contributed by atoms with Gasteiger partial charge in [0.15, 0.2) is 0 Å². The van der Waals surface area contributed by atoms with Crippen molar-refractivity contribution in [3.05, 3.63) is 0 Å². The Morgan fingerprint density at radius 2 is 1.94 bits per heavy atom. The Morgan fingerprint density at radius 3 is 2.44 bits per heavy atom. The maximum absolute atomic E-state index is 11.9. The lowest BCUT2D eigenvalue weighted by Crippen LogP contribution is -2.48. The maximum atomic E-state index is 11.9. The van der Waals surface area contributed by atoms with E-state index < -0.39 is 0 Å². The second-order valence-electron chi connectivity index (χ2n) is 5.77. The summed E-state index contributed by atoms with van der Waals surface area (Å²) >= 11 is 0. The van der Waals surface area contributed by atoms with E-state index in [-0.39, 0.29) is 17.2 Å². The van der Waals surface area contributed by atoms with Gasteiger partial charge in [-0.2, -0.15) is 0 Å². The third kappa shape index (κ3) is 2.43. The number of imide groups is 1. The summed E-state index contributed by atoms with van der Waals surface area (Å²) in [6.07, 6.45) is 2.07. The van der Waals surface area contributed by atoms with E-state index in [0.717, 1.165) is 19.5 Å². The minimum Gasteiger partial charge on any atom is -0.316 e. The summed E-state index contributed by atoms with van der Waals surface area (Å²) < 4.78 is 0. The topological polar surface area (TPSA) is 49.4 Å². The highest BCUT2D eigenvalue weighted by molar-refractivity contribution is 5.98. The monoisotopic (exact) mass is 224 g/mol. The van der Waals surface area contributed by atoms with Crippen LogP contribution in [0, 0.1) is 11.3 Å². The van der Waals surface area contributed by atoms with Crippen molar-refractivity contribution in [2.45, 2.75) is 33.1 Å². The van der Waals surface area contributed by atoms with Gasteiger partial charge in [-0.25, -0.2) is 0 Å². The molecule has 1 unspecified atom stereocenters. The van der Waals surface area contributed by atoms with Crippen LogP contribution in [0.1, 0.15) is 33.1 Å². The van der Waals surface area contributed by atoms with Gasteiger partial charge in [-0.1, -0.05) is 13.8 Å². The standard InChI is InChI=1S/C12H20N2O2/c1-12(2)5-10(15)14(11(16)6-12)8-9-3-4-13-7-9/h9,13H,3-8H2,1-2H3. The molecule has 4 nitrogen and oxygen atoms in total. The Bertz CT molecular complexity index is 286. The zero-order valence-corrected chi connectivity index (χ0v) is 10.1. The minimum absolute atomic E-state index is 0.00755. The number of amides is 2. The van der Waals surface area contributed by atoms with Gasteiger partial charge in [0.1, 0.15) is 0 Å². The van der Waals surface area contributed by atoms with Gasteiger partial charge >= 0.3 is 0 Å². The summed E-state index contributed by atoms with van der Waals surface area (Å²) in [6, 6.07) is 0. The van der Waals surface area contributed by atoms with Gasteiger partial charge in [-0.05, 0) is 30.8 Å². The quantitative estimate of drug-likeness (QED) is 0.705.